The molecule has 27 heavy (non-hydrogen) atoms. The van der Waals surface area contributed by atoms with Gasteiger partial charge < -0.3 is 10.6 Å². The number of aromatic nitrogens is 1. The van der Waals surface area contributed by atoms with Crippen LogP contribution < -0.4 is 10.6 Å². The van der Waals surface area contributed by atoms with E-state index in [-0.39, 0.29) is 5.69 Å². The van der Waals surface area contributed by atoms with Gasteiger partial charge in [-0.05, 0) is 13.0 Å². The van der Waals surface area contributed by atoms with Crippen LogP contribution in [0.1, 0.15) is 11.3 Å². The minimum Gasteiger partial charge on any atom is -0.337 e. The van der Waals surface area contributed by atoms with Gasteiger partial charge in [0.2, 0.25) is 0 Å². The van der Waals surface area contributed by atoms with Gasteiger partial charge in [-0.25, -0.2) is 9.78 Å². The number of benzene rings is 2. The number of urea groups is 1. The zero-order valence-corrected chi connectivity index (χ0v) is 15.5. The van der Waals surface area contributed by atoms with Crippen LogP contribution in [-0.4, -0.2) is 22.5 Å². The van der Waals surface area contributed by atoms with Crippen LogP contribution in [0.5, 0.6) is 0 Å². The van der Waals surface area contributed by atoms with Crippen LogP contribution in [0, 0.1) is 17.0 Å². The molecule has 0 saturated carbocycles. The summed E-state index contributed by atoms with van der Waals surface area (Å²) in [5, 5.41) is 19.0. The molecule has 138 valence electrons. The highest BCUT2D eigenvalue weighted by Gasteiger charge is 2.09. The molecule has 0 bridgehead atoms. The van der Waals surface area contributed by atoms with Crippen molar-refractivity contribution >= 4 is 28.7 Å². The van der Waals surface area contributed by atoms with Gasteiger partial charge in [-0.3, -0.25) is 10.1 Å². The van der Waals surface area contributed by atoms with E-state index in [4.69, 9.17) is 0 Å². The smallest absolute Gasteiger partial charge is 0.319 e. The van der Waals surface area contributed by atoms with E-state index in [1.54, 1.807) is 17.4 Å². The van der Waals surface area contributed by atoms with Crippen molar-refractivity contribution in [2.45, 2.75) is 13.3 Å². The molecule has 2 amide bonds. The zero-order valence-electron chi connectivity index (χ0n) is 14.6. The summed E-state index contributed by atoms with van der Waals surface area (Å²) >= 11 is 1.57. The molecule has 0 saturated heterocycles. The van der Waals surface area contributed by atoms with Gasteiger partial charge in [0.1, 0.15) is 5.01 Å². The molecule has 0 aliphatic rings. The molecule has 7 nitrogen and oxygen atoms in total. The predicted octanol–water partition coefficient (Wildman–Crippen LogP) is 4.39. The maximum absolute atomic E-state index is 11.9. The number of hydrogen-bond donors (Lipinski definition) is 2. The van der Waals surface area contributed by atoms with Crippen LogP contribution in [0.2, 0.25) is 0 Å². The van der Waals surface area contributed by atoms with E-state index in [9.17, 15) is 14.9 Å². The van der Waals surface area contributed by atoms with Crippen molar-refractivity contribution < 1.29 is 9.72 Å². The first-order valence-corrected chi connectivity index (χ1v) is 9.20. The summed E-state index contributed by atoms with van der Waals surface area (Å²) in [5.74, 6) is 0. The van der Waals surface area contributed by atoms with E-state index >= 15 is 0 Å². The lowest BCUT2D eigenvalue weighted by Crippen LogP contribution is -2.30. The molecule has 2 aromatic carbocycles. The van der Waals surface area contributed by atoms with Crippen molar-refractivity contribution in [3.63, 3.8) is 0 Å². The number of nitro benzene ring substituents is 1. The Hall–Kier alpha value is -3.26. The molecule has 1 aromatic heterocycles. The predicted molar refractivity (Wildman–Crippen MR) is 106 cm³/mol. The number of carbonyl (C=O) groups excluding carboxylic acids is 1. The van der Waals surface area contributed by atoms with E-state index in [2.05, 4.69) is 27.8 Å². The Bertz CT molecular complexity index is 954. The lowest BCUT2D eigenvalue weighted by Gasteiger charge is -2.06. The number of nitro groups is 1. The normalized spacial score (nSPS) is 10.4. The molecule has 0 spiro atoms. The van der Waals surface area contributed by atoms with Crippen LogP contribution in [0.4, 0.5) is 16.2 Å². The summed E-state index contributed by atoms with van der Waals surface area (Å²) in [6, 6.07) is 13.6. The van der Waals surface area contributed by atoms with Crippen molar-refractivity contribution in [3.8, 4) is 10.6 Å². The van der Waals surface area contributed by atoms with Gasteiger partial charge >= 0.3 is 6.03 Å². The molecule has 3 rings (SSSR count). The Kier molecular flexibility index (Phi) is 5.77. The average Bonchev–Trinajstić information content (AvgIpc) is 3.11. The number of thiazole rings is 1. The lowest BCUT2D eigenvalue weighted by molar-refractivity contribution is -0.384. The third-order valence-electron chi connectivity index (χ3n) is 3.83. The molecular formula is C19H18N4O3S. The first kappa shape index (κ1) is 18.5. The number of amides is 2. The minimum atomic E-state index is -0.503. The number of hydrogen-bond acceptors (Lipinski definition) is 5. The van der Waals surface area contributed by atoms with E-state index in [1.807, 2.05) is 24.4 Å². The third-order valence-corrected chi connectivity index (χ3v) is 4.77. The second-order valence-electron chi connectivity index (χ2n) is 5.95. The molecule has 0 atom stereocenters. The van der Waals surface area contributed by atoms with Crippen molar-refractivity contribution in [3.05, 3.63) is 75.3 Å². The Morgan fingerprint density at radius 3 is 2.74 bits per heavy atom. The van der Waals surface area contributed by atoms with Crippen molar-refractivity contribution in [1.29, 1.82) is 0 Å². The highest BCUT2D eigenvalue weighted by Crippen LogP contribution is 2.24. The Morgan fingerprint density at radius 1 is 1.22 bits per heavy atom. The first-order chi connectivity index (χ1) is 13.0. The summed E-state index contributed by atoms with van der Waals surface area (Å²) in [5.41, 5.74) is 3.49. The molecule has 3 aromatic rings. The van der Waals surface area contributed by atoms with Gasteiger partial charge in [-0.15, -0.1) is 11.3 Å². The Labute approximate surface area is 160 Å². The second kappa shape index (κ2) is 8.41. The zero-order chi connectivity index (χ0) is 19.2. The first-order valence-electron chi connectivity index (χ1n) is 8.32. The van der Waals surface area contributed by atoms with Gasteiger partial charge in [-0.1, -0.05) is 35.9 Å². The van der Waals surface area contributed by atoms with E-state index in [0.29, 0.717) is 18.7 Å². The third kappa shape index (κ3) is 5.11. The highest BCUT2D eigenvalue weighted by molar-refractivity contribution is 7.13. The average molecular weight is 382 g/mol. The lowest BCUT2D eigenvalue weighted by atomic mass is 10.2. The summed E-state index contributed by atoms with van der Waals surface area (Å²) in [6.45, 7) is 2.46. The maximum Gasteiger partial charge on any atom is 0.319 e. The number of nitrogens with zero attached hydrogens (tertiary/aromatic N) is 2. The summed E-state index contributed by atoms with van der Waals surface area (Å²) in [7, 11) is 0. The number of non-ortho nitro benzene ring substituents is 1. The van der Waals surface area contributed by atoms with Gasteiger partial charge in [0.05, 0.1) is 10.6 Å². The summed E-state index contributed by atoms with van der Waals surface area (Å²) < 4.78 is 0. The molecule has 0 aliphatic carbocycles. The van der Waals surface area contributed by atoms with Crippen LogP contribution >= 0.6 is 11.3 Å². The van der Waals surface area contributed by atoms with E-state index in [1.165, 1.54) is 23.8 Å². The monoisotopic (exact) mass is 382 g/mol. The fourth-order valence-electron chi connectivity index (χ4n) is 2.43. The van der Waals surface area contributed by atoms with Gasteiger partial charge in [0, 0.05) is 41.7 Å². The van der Waals surface area contributed by atoms with E-state index < -0.39 is 11.0 Å². The molecule has 0 unspecified atom stereocenters. The number of rotatable bonds is 6. The van der Waals surface area contributed by atoms with Crippen LogP contribution in [0.3, 0.4) is 0 Å². The van der Waals surface area contributed by atoms with Crippen LogP contribution in [-0.2, 0) is 6.42 Å². The van der Waals surface area contributed by atoms with Crippen molar-refractivity contribution in [1.82, 2.24) is 10.3 Å². The standard InChI is InChI=1S/C19H18N4O3S/c1-13-5-7-14(8-6-13)18-21-16(12-27-18)9-10-20-19(24)22-15-3-2-4-17(11-15)23(25)26/h2-8,11-12H,9-10H2,1H3,(H2,20,22,24). The largest absolute Gasteiger partial charge is 0.337 e. The number of anilines is 1. The maximum atomic E-state index is 11.9. The quantitative estimate of drug-likeness (QED) is 0.488. The molecular weight excluding hydrogens is 364 g/mol. The second-order valence-corrected chi connectivity index (χ2v) is 6.81. The molecule has 0 radical (unpaired) electrons. The SMILES string of the molecule is Cc1ccc(-c2nc(CCNC(=O)Nc3cccc([N+](=O)[O-])c3)cs2)cc1. The van der Waals surface area contributed by atoms with Crippen LogP contribution in [0.15, 0.2) is 53.9 Å². The van der Waals surface area contributed by atoms with Crippen molar-refractivity contribution in [2.24, 2.45) is 0 Å². The molecule has 2 N–H and O–H groups in total. The minimum absolute atomic E-state index is 0.0705. The number of carbonyl (C=O) groups is 1. The molecule has 1 heterocycles. The summed E-state index contributed by atoms with van der Waals surface area (Å²) in [6.07, 6.45) is 0.602. The van der Waals surface area contributed by atoms with Crippen molar-refractivity contribution in [2.75, 3.05) is 11.9 Å². The topological polar surface area (TPSA) is 97.2 Å². The highest BCUT2D eigenvalue weighted by atomic mass is 32.1. The Balaban J connectivity index is 1.50. The summed E-state index contributed by atoms with van der Waals surface area (Å²) in [4.78, 5) is 26.8. The van der Waals surface area contributed by atoms with Gasteiger partial charge in [0.25, 0.3) is 5.69 Å². The number of aryl methyl sites for hydroxylation is 1. The van der Waals surface area contributed by atoms with Crippen LogP contribution in [0.25, 0.3) is 10.6 Å². The molecule has 0 aliphatic heterocycles. The fraction of sp³-hybridized carbons (Fsp3) is 0.158. The van der Waals surface area contributed by atoms with Gasteiger partial charge in [0.15, 0.2) is 0 Å². The molecule has 8 heteroatoms. The van der Waals surface area contributed by atoms with E-state index in [0.717, 1.165) is 16.3 Å². The van der Waals surface area contributed by atoms with Gasteiger partial charge in [-0.2, -0.15) is 0 Å². The Morgan fingerprint density at radius 2 is 2.00 bits per heavy atom. The fourth-order valence-corrected chi connectivity index (χ4v) is 3.29. The number of nitrogens with one attached hydrogen (secondary N) is 2. The molecule has 0 fully saturated rings.